The van der Waals surface area contributed by atoms with Crippen LogP contribution in [0.1, 0.15) is 0 Å². The molecule has 0 fully saturated rings. The summed E-state index contributed by atoms with van der Waals surface area (Å²) in [6, 6.07) is 5.85. The van der Waals surface area contributed by atoms with Gasteiger partial charge in [-0.2, -0.15) is 0 Å². The molecule has 0 radical (unpaired) electrons. The van der Waals surface area contributed by atoms with Gasteiger partial charge in [0.05, 0.1) is 0 Å². The van der Waals surface area contributed by atoms with Crippen LogP contribution in [0.25, 0.3) is 0 Å². The molecule has 0 heterocycles. The number of hydrogen-bond donors (Lipinski definition) is 2. The number of rotatable bonds is 0. The Kier molecular flexibility index (Phi) is 6.38. The van der Waals surface area contributed by atoms with Crippen molar-refractivity contribution in [3.63, 3.8) is 0 Å². The van der Waals surface area contributed by atoms with Crippen molar-refractivity contribution >= 4 is 40.0 Å². The highest BCUT2D eigenvalue weighted by molar-refractivity contribution is 7.54. The summed E-state index contributed by atoms with van der Waals surface area (Å²) in [5, 5.41) is 17.3. The minimum atomic E-state index is -1.72. The fraction of sp³-hybridized carbons (Fsp3) is 0. The zero-order valence-corrected chi connectivity index (χ0v) is 9.34. The zero-order chi connectivity index (χ0) is 9.56. The lowest BCUT2D eigenvalue weighted by molar-refractivity contribution is 0.450. The van der Waals surface area contributed by atoms with E-state index in [2.05, 4.69) is 0 Å². The number of phenols is 2. The van der Waals surface area contributed by atoms with Crippen molar-refractivity contribution in [2.24, 2.45) is 0 Å². The molecule has 0 aliphatic heterocycles. The molecule has 2 N–H and O–H groups in total. The predicted octanol–water partition coefficient (Wildman–Crippen LogP) is 2.52. The van der Waals surface area contributed by atoms with Crippen LogP contribution in [0.15, 0.2) is 24.3 Å². The number of phenolic OH excluding ortho intramolecular Hbond substituents is 2. The minimum absolute atomic E-state index is 0.0880. The standard InChI is InChI=1S/C6H6O2.Cl3HSi/c7-5-2-1-3-6(8)4-5;1-4(2)3/h1-4,7-8H;4H. The number of hydrogen-bond acceptors (Lipinski definition) is 2. The smallest absolute Gasteiger partial charge is 0.326 e. The first kappa shape index (κ1) is 11.9. The molecule has 0 bridgehead atoms. The largest absolute Gasteiger partial charge is 0.508 e. The number of halogens is 3. The molecule has 0 unspecified atom stereocenters. The Hall–Kier alpha value is -0.0931. The van der Waals surface area contributed by atoms with Crippen molar-refractivity contribution in [2.75, 3.05) is 0 Å². The first-order valence-electron chi connectivity index (χ1n) is 2.92. The van der Waals surface area contributed by atoms with Gasteiger partial charge in [0.1, 0.15) is 11.5 Å². The fourth-order valence-electron chi connectivity index (χ4n) is 0.493. The topological polar surface area (TPSA) is 40.5 Å². The van der Waals surface area contributed by atoms with Crippen LogP contribution >= 0.6 is 33.2 Å². The summed E-state index contributed by atoms with van der Waals surface area (Å²) in [5.74, 6) is 0.176. The summed E-state index contributed by atoms with van der Waals surface area (Å²) < 4.78 is 0. The third-order valence-corrected chi connectivity index (χ3v) is 0.830. The Morgan fingerprint density at radius 3 is 1.50 bits per heavy atom. The van der Waals surface area contributed by atoms with Crippen molar-refractivity contribution < 1.29 is 10.2 Å². The molecule has 0 saturated carbocycles. The highest BCUT2D eigenvalue weighted by Crippen LogP contribution is 2.14. The lowest BCUT2D eigenvalue weighted by atomic mass is 10.3. The highest BCUT2D eigenvalue weighted by Gasteiger charge is 1.85. The monoisotopic (exact) mass is 244 g/mol. The van der Waals surface area contributed by atoms with Gasteiger partial charge in [-0.3, -0.25) is 0 Å². The Labute approximate surface area is 86.0 Å². The first-order chi connectivity index (χ1) is 5.52. The summed E-state index contributed by atoms with van der Waals surface area (Å²) in [4.78, 5) is 0. The molecule has 2 nitrogen and oxygen atoms in total. The summed E-state index contributed by atoms with van der Waals surface area (Å²) in [6.45, 7) is -1.72. The van der Waals surface area contributed by atoms with Gasteiger partial charge in [0.15, 0.2) is 0 Å². The second kappa shape index (κ2) is 6.43. The quantitative estimate of drug-likeness (QED) is 0.545. The SMILES string of the molecule is Cl[SiH](Cl)Cl.Oc1cccc(O)c1. The Morgan fingerprint density at radius 1 is 1.00 bits per heavy atom. The number of aromatic hydroxyl groups is 2. The molecule has 1 aromatic rings. The van der Waals surface area contributed by atoms with E-state index < -0.39 is 6.73 Å². The Morgan fingerprint density at radius 2 is 1.33 bits per heavy atom. The lowest BCUT2D eigenvalue weighted by Crippen LogP contribution is -1.66. The molecule has 0 aliphatic rings. The van der Waals surface area contributed by atoms with Gasteiger partial charge in [-0.15, -0.1) is 33.2 Å². The van der Waals surface area contributed by atoms with Gasteiger partial charge in [0.25, 0.3) is 0 Å². The van der Waals surface area contributed by atoms with Gasteiger partial charge in [0, 0.05) is 6.07 Å². The van der Waals surface area contributed by atoms with E-state index in [1.165, 1.54) is 18.2 Å². The maximum absolute atomic E-state index is 8.65. The normalized spacial score (nSPS) is 9.00. The van der Waals surface area contributed by atoms with Gasteiger partial charge < -0.3 is 10.2 Å². The molecule has 12 heavy (non-hydrogen) atoms. The maximum Gasteiger partial charge on any atom is 0.326 e. The molecule has 0 amide bonds. The van der Waals surface area contributed by atoms with Crippen molar-refractivity contribution in [3.8, 4) is 11.5 Å². The van der Waals surface area contributed by atoms with E-state index in [4.69, 9.17) is 43.5 Å². The minimum Gasteiger partial charge on any atom is -0.508 e. The molecule has 0 aromatic heterocycles. The van der Waals surface area contributed by atoms with Crippen LogP contribution in [0.4, 0.5) is 0 Å². The number of benzene rings is 1. The van der Waals surface area contributed by atoms with Crippen LogP contribution in [-0.4, -0.2) is 16.9 Å². The van der Waals surface area contributed by atoms with Crippen molar-refractivity contribution in [3.05, 3.63) is 24.3 Å². The Balaban J connectivity index is 0.000000261. The summed E-state index contributed by atoms with van der Waals surface area (Å²) >= 11 is 14.8. The Bertz CT molecular complexity index is 212. The third-order valence-electron chi connectivity index (χ3n) is 0.830. The van der Waals surface area contributed by atoms with Crippen LogP contribution in [0.2, 0.25) is 0 Å². The van der Waals surface area contributed by atoms with Crippen LogP contribution in [0.5, 0.6) is 11.5 Å². The third kappa shape index (κ3) is 8.01. The van der Waals surface area contributed by atoms with E-state index in [0.717, 1.165) is 0 Å². The van der Waals surface area contributed by atoms with Crippen LogP contribution < -0.4 is 0 Å². The predicted molar refractivity (Wildman–Crippen MR) is 54.5 cm³/mol. The molecule has 68 valence electrons. The average Bonchev–Trinajstić information content (AvgIpc) is 1.84. The van der Waals surface area contributed by atoms with Gasteiger partial charge in [0.2, 0.25) is 0 Å². The summed E-state index contributed by atoms with van der Waals surface area (Å²) in [7, 11) is 0. The second-order valence-electron chi connectivity index (χ2n) is 1.77. The maximum atomic E-state index is 8.65. The van der Waals surface area contributed by atoms with Gasteiger partial charge >= 0.3 is 6.73 Å². The molecule has 0 aliphatic carbocycles. The van der Waals surface area contributed by atoms with E-state index in [9.17, 15) is 0 Å². The molecule has 0 atom stereocenters. The van der Waals surface area contributed by atoms with Crippen molar-refractivity contribution in [1.82, 2.24) is 0 Å². The van der Waals surface area contributed by atoms with E-state index in [0.29, 0.717) is 0 Å². The molecule has 1 rings (SSSR count). The highest BCUT2D eigenvalue weighted by atomic mass is 35.8. The zero-order valence-electron chi connectivity index (χ0n) is 5.92. The second-order valence-corrected chi connectivity index (χ2v) is 8.20. The molecule has 0 spiro atoms. The summed E-state index contributed by atoms with van der Waals surface area (Å²) in [5.41, 5.74) is 0. The van der Waals surface area contributed by atoms with Gasteiger partial charge in [-0.05, 0) is 12.1 Å². The average molecular weight is 246 g/mol. The van der Waals surface area contributed by atoms with E-state index in [-0.39, 0.29) is 11.5 Å². The first-order valence-corrected chi connectivity index (χ1v) is 8.16. The van der Waals surface area contributed by atoms with Crippen LogP contribution in [0, 0.1) is 0 Å². The molecule has 6 heteroatoms. The van der Waals surface area contributed by atoms with E-state index >= 15 is 0 Å². The van der Waals surface area contributed by atoms with E-state index in [1.54, 1.807) is 6.07 Å². The molecular weight excluding hydrogens is 239 g/mol. The van der Waals surface area contributed by atoms with Crippen LogP contribution in [-0.2, 0) is 0 Å². The molecule has 0 saturated heterocycles. The van der Waals surface area contributed by atoms with Crippen molar-refractivity contribution in [2.45, 2.75) is 0 Å². The fourth-order valence-corrected chi connectivity index (χ4v) is 0.493. The van der Waals surface area contributed by atoms with E-state index in [1.807, 2.05) is 0 Å². The molecular formula is C6H7Cl3O2Si. The van der Waals surface area contributed by atoms with Crippen molar-refractivity contribution in [1.29, 1.82) is 0 Å². The van der Waals surface area contributed by atoms with Gasteiger partial charge in [-0.1, -0.05) is 6.07 Å². The van der Waals surface area contributed by atoms with Gasteiger partial charge in [-0.25, -0.2) is 0 Å². The lowest BCUT2D eigenvalue weighted by Gasteiger charge is -1.89. The molecule has 1 aromatic carbocycles. The summed E-state index contributed by atoms with van der Waals surface area (Å²) in [6.07, 6.45) is 0. The van der Waals surface area contributed by atoms with Crippen LogP contribution in [0.3, 0.4) is 0 Å².